The molecule has 0 saturated heterocycles. The Hall–Kier alpha value is -1.12. The molecule has 1 atom stereocenters. The molecular weight excluding hydrogens is 168 g/mol. The van der Waals surface area contributed by atoms with Crippen molar-refractivity contribution in [1.29, 1.82) is 0 Å². The van der Waals surface area contributed by atoms with Crippen LogP contribution in [0.15, 0.2) is 11.1 Å². The molecule has 13 heavy (non-hydrogen) atoms. The minimum absolute atomic E-state index is 0.0364. The molecule has 0 heterocycles. The summed E-state index contributed by atoms with van der Waals surface area (Å²) in [6.45, 7) is 3.81. The number of carboxylic acid groups (broad SMARTS) is 1. The van der Waals surface area contributed by atoms with Gasteiger partial charge in [-0.25, -0.2) is 0 Å². The highest BCUT2D eigenvalue weighted by Gasteiger charge is 2.30. The first-order valence-electron chi connectivity index (χ1n) is 4.50. The van der Waals surface area contributed by atoms with E-state index in [2.05, 4.69) is 0 Å². The molecule has 3 heteroatoms. The number of rotatable bonds is 3. The van der Waals surface area contributed by atoms with Crippen LogP contribution in [0.5, 0.6) is 0 Å². The quantitative estimate of drug-likeness (QED) is 0.723. The van der Waals surface area contributed by atoms with Gasteiger partial charge in [-0.15, -0.1) is 0 Å². The second-order valence-electron chi connectivity index (χ2n) is 3.50. The maximum Gasteiger partial charge on any atom is 0.307 e. The van der Waals surface area contributed by atoms with Gasteiger partial charge in [0.1, 0.15) is 0 Å². The lowest BCUT2D eigenvalue weighted by Gasteiger charge is -2.03. The van der Waals surface area contributed by atoms with Crippen molar-refractivity contribution in [2.45, 2.75) is 33.1 Å². The molecule has 1 N–H and O–H groups in total. The van der Waals surface area contributed by atoms with E-state index in [9.17, 15) is 9.59 Å². The van der Waals surface area contributed by atoms with Gasteiger partial charge in [-0.2, -0.15) is 0 Å². The number of allylic oxidation sites excluding steroid dienone is 1. The van der Waals surface area contributed by atoms with Crippen molar-refractivity contribution in [1.82, 2.24) is 0 Å². The molecular formula is C10H14O3. The summed E-state index contributed by atoms with van der Waals surface area (Å²) < 4.78 is 0. The Bertz CT molecular complexity index is 276. The number of carboxylic acids is 1. The maximum atomic E-state index is 11.6. The van der Waals surface area contributed by atoms with Crippen molar-refractivity contribution in [2.75, 3.05) is 0 Å². The van der Waals surface area contributed by atoms with Crippen LogP contribution < -0.4 is 0 Å². The fraction of sp³-hybridized carbons (Fsp3) is 0.600. The third-order valence-corrected chi connectivity index (χ3v) is 2.56. The molecule has 3 nitrogen and oxygen atoms in total. The maximum absolute atomic E-state index is 11.6. The Morgan fingerprint density at radius 3 is 2.62 bits per heavy atom. The highest BCUT2D eigenvalue weighted by atomic mass is 16.4. The summed E-state index contributed by atoms with van der Waals surface area (Å²) in [6, 6.07) is 0. The van der Waals surface area contributed by atoms with E-state index in [1.807, 2.05) is 13.8 Å². The van der Waals surface area contributed by atoms with Crippen molar-refractivity contribution >= 4 is 11.8 Å². The summed E-state index contributed by atoms with van der Waals surface area (Å²) in [4.78, 5) is 22.0. The third-order valence-electron chi connectivity index (χ3n) is 2.56. The topological polar surface area (TPSA) is 54.4 Å². The van der Waals surface area contributed by atoms with E-state index < -0.39 is 5.97 Å². The summed E-state index contributed by atoms with van der Waals surface area (Å²) in [6.07, 6.45) is 1.44. The van der Waals surface area contributed by atoms with Gasteiger partial charge >= 0.3 is 5.97 Å². The summed E-state index contributed by atoms with van der Waals surface area (Å²) in [7, 11) is 0. The second-order valence-corrected chi connectivity index (χ2v) is 3.50. The monoisotopic (exact) mass is 182 g/mol. The zero-order valence-corrected chi connectivity index (χ0v) is 7.96. The minimum atomic E-state index is -0.917. The van der Waals surface area contributed by atoms with Crippen LogP contribution in [0.25, 0.3) is 0 Å². The lowest BCUT2D eigenvalue weighted by molar-refractivity contribution is -0.137. The van der Waals surface area contributed by atoms with Gasteiger partial charge in [0.05, 0.1) is 6.42 Å². The van der Waals surface area contributed by atoms with E-state index in [0.29, 0.717) is 5.57 Å². The predicted octanol–water partition coefficient (Wildman–Crippen LogP) is 1.78. The number of hydrogen-bond donors (Lipinski definition) is 1. The van der Waals surface area contributed by atoms with Crippen LogP contribution in [-0.4, -0.2) is 16.9 Å². The van der Waals surface area contributed by atoms with Crippen LogP contribution in [-0.2, 0) is 9.59 Å². The Balaban J connectivity index is 2.78. The largest absolute Gasteiger partial charge is 0.481 e. The van der Waals surface area contributed by atoms with Crippen molar-refractivity contribution in [3.8, 4) is 0 Å². The van der Waals surface area contributed by atoms with Gasteiger partial charge in [0.15, 0.2) is 5.78 Å². The molecule has 1 rings (SSSR count). The fourth-order valence-electron chi connectivity index (χ4n) is 1.76. The molecule has 0 aliphatic heterocycles. The first-order chi connectivity index (χ1) is 6.06. The zero-order chi connectivity index (χ0) is 10.0. The van der Waals surface area contributed by atoms with E-state index in [-0.39, 0.29) is 18.1 Å². The third kappa shape index (κ3) is 1.97. The number of hydrogen-bond acceptors (Lipinski definition) is 2. The van der Waals surface area contributed by atoms with Gasteiger partial charge in [0.2, 0.25) is 0 Å². The Labute approximate surface area is 77.4 Å². The van der Waals surface area contributed by atoms with Gasteiger partial charge in [0.25, 0.3) is 0 Å². The number of carbonyl (C=O) groups is 2. The highest BCUT2D eigenvalue weighted by molar-refractivity contribution is 6.03. The SMILES string of the molecule is CCC1CC(C)=C(CC(=O)O)C1=O. The predicted molar refractivity (Wildman–Crippen MR) is 48.4 cm³/mol. The first-order valence-corrected chi connectivity index (χ1v) is 4.50. The summed E-state index contributed by atoms with van der Waals surface area (Å²) in [5, 5.41) is 8.58. The molecule has 0 aromatic rings. The molecule has 0 spiro atoms. The van der Waals surface area contributed by atoms with Gasteiger partial charge in [-0.05, 0) is 19.8 Å². The van der Waals surface area contributed by atoms with Crippen molar-refractivity contribution in [3.63, 3.8) is 0 Å². The molecule has 0 saturated carbocycles. The van der Waals surface area contributed by atoms with Gasteiger partial charge < -0.3 is 5.11 Å². The molecule has 1 unspecified atom stereocenters. The molecule has 0 amide bonds. The summed E-state index contributed by atoms with van der Waals surface area (Å²) >= 11 is 0. The number of ketones is 1. The summed E-state index contributed by atoms with van der Waals surface area (Å²) in [5.74, 6) is -0.837. The van der Waals surface area contributed by atoms with Crippen LogP contribution in [0.3, 0.4) is 0 Å². The van der Waals surface area contributed by atoms with Crippen LogP contribution in [0, 0.1) is 5.92 Å². The standard InChI is InChI=1S/C10H14O3/c1-3-7-4-6(2)8(10(7)13)5-9(11)12/h7H,3-5H2,1-2H3,(H,11,12). The Morgan fingerprint density at radius 2 is 2.23 bits per heavy atom. The van der Waals surface area contributed by atoms with Gasteiger partial charge in [0, 0.05) is 11.5 Å². The lowest BCUT2D eigenvalue weighted by atomic mass is 10.00. The molecule has 0 aromatic carbocycles. The normalized spacial score (nSPS) is 22.6. The molecule has 0 fully saturated rings. The first kappa shape index (κ1) is 9.96. The van der Waals surface area contributed by atoms with E-state index >= 15 is 0 Å². The zero-order valence-electron chi connectivity index (χ0n) is 7.96. The number of carbonyl (C=O) groups excluding carboxylic acids is 1. The Morgan fingerprint density at radius 1 is 1.62 bits per heavy atom. The van der Waals surface area contributed by atoms with E-state index in [4.69, 9.17) is 5.11 Å². The van der Waals surface area contributed by atoms with Crippen LogP contribution in [0.4, 0.5) is 0 Å². The number of Topliss-reactive ketones (excluding diaryl/α,β-unsaturated/α-hetero) is 1. The molecule has 1 aliphatic carbocycles. The van der Waals surface area contributed by atoms with Crippen LogP contribution >= 0.6 is 0 Å². The molecule has 72 valence electrons. The molecule has 0 radical (unpaired) electrons. The Kier molecular flexibility index (Phi) is 2.86. The van der Waals surface area contributed by atoms with Crippen molar-refractivity contribution < 1.29 is 14.7 Å². The van der Waals surface area contributed by atoms with Gasteiger partial charge in [-0.3, -0.25) is 9.59 Å². The molecule has 0 bridgehead atoms. The fourth-order valence-corrected chi connectivity index (χ4v) is 1.76. The highest BCUT2D eigenvalue weighted by Crippen LogP contribution is 2.31. The average molecular weight is 182 g/mol. The molecule has 0 aromatic heterocycles. The lowest BCUT2D eigenvalue weighted by Crippen LogP contribution is -2.11. The average Bonchev–Trinajstić information content (AvgIpc) is 2.31. The van der Waals surface area contributed by atoms with Crippen molar-refractivity contribution in [3.05, 3.63) is 11.1 Å². The van der Waals surface area contributed by atoms with Crippen LogP contribution in [0.2, 0.25) is 0 Å². The smallest absolute Gasteiger partial charge is 0.307 e. The second kappa shape index (κ2) is 3.73. The van der Waals surface area contributed by atoms with E-state index in [1.165, 1.54) is 0 Å². The summed E-state index contributed by atoms with van der Waals surface area (Å²) in [5.41, 5.74) is 1.48. The van der Waals surface area contributed by atoms with Gasteiger partial charge in [-0.1, -0.05) is 12.5 Å². The van der Waals surface area contributed by atoms with Crippen LogP contribution in [0.1, 0.15) is 33.1 Å². The van der Waals surface area contributed by atoms with E-state index in [1.54, 1.807) is 0 Å². The van der Waals surface area contributed by atoms with Crippen molar-refractivity contribution in [2.24, 2.45) is 5.92 Å². The number of aliphatic carboxylic acids is 1. The molecule has 1 aliphatic rings. The van der Waals surface area contributed by atoms with E-state index in [0.717, 1.165) is 18.4 Å². The minimum Gasteiger partial charge on any atom is -0.481 e.